The van der Waals surface area contributed by atoms with Crippen LogP contribution in [-0.4, -0.2) is 15.5 Å². The molecule has 1 amide bonds. The van der Waals surface area contributed by atoms with Crippen LogP contribution < -0.4 is 10.9 Å². The van der Waals surface area contributed by atoms with E-state index >= 15 is 0 Å². The quantitative estimate of drug-likeness (QED) is 0.799. The fraction of sp³-hybridized carbons (Fsp3) is 0.167. The molecule has 3 aromatic rings. The molecule has 0 aliphatic heterocycles. The number of nitrogens with zero attached hydrogens (tertiary/aromatic N) is 2. The van der Waals surface area contributed by atoms with Crippen molar-refractivity contribution in [3.63, 3.8) is 0 Å². The molecule has 1 N–H and O–H groups in total. The molecule has 24 heavy (non-hydrogen) atoms. The van der Waals surface area contributed by atoms with Gasteiger partial charge in [-0.1, -0.05) is 29.8 Å². The monoisotopic (exact) mass is 325 g/mol. The van der Waals surface area contributed by atoms with E-state index in [1.165, 1.54) is 29.1 Å². The highest BCUT2D eigenvalue weighted by atomic mass is 19.1. The van der Waals surface area contributed by atoms with Crippen LogP contribution >= 0.6 is 0 Å². The van der Waals surface area contributed by atoms with Gasteiger partial charge in [-0.25, -0.2) is 9.37 Å². The van der Waals surface area contributed by atoms with Crippen LogP contribution in [0.4, 0.5) is 4.39 Å². The largest absolute Gasteiger partial charge is 0.350 e. The Balaban J connectivity index is 1.71. The molecule has 0 aliphatic carbocycles. The first-order valence-corrected chi connectivity index (χ1v) is 7.50. The lowest BCUT2D eigenvalue weighted by molar-refractivity contribution is -0.121. The van der Waals surface area contributed by atoms with E-state index in [4.69, 9.17) is 0 Å². The Kier molecular flexibility index (Phi) is 4.37. The van der Waals surface area contributed by atoms with E-state index in [-0.39, 0.29) is 28.9 Å². The van der Waals surface area contributed by atoms with Gasteiger partial charge in [-0.15, -0.1) is 0 Å². The molecular weight excluding hydrogens is 309 g/mol. The second kappa shape index (κ2) is 6.62. The summed E-state index contributed by atoms with van der Waals surface area (Å²) in [4.78, 5) is 28.4. The van der Waals surface area contributed by atoms with Gasteiger partial charge in [-0.2, -0.15) is 0 Å². The molecule has 6 heteroatoms. The van der Waals surface area contributed by atoms with Gasteiger partial charge < -0.3 is 5.32 Å². The predicted octanol–water partition coefficient (Wildman–Crippen LogP) is 2.16. The Hall–Kier alpha value is -3.02. The molecular formula is C18H16FN3O2. The molecule has 0 spiro atoms. The number of hydrogen-bond donors (Lipinski definition) is 1. The summed E-state index contributed by atoms with van der Waals surface area (Å²) >= 11 is 0. The molecule has 1 heterocycles. The van der Waals surface area contributed by atoms with Crippen molar-refractivity contribution in [3.05, 3.63) is 76.1 Å². The molecule has 2 aromatic carbocycles. The van der Waals surface area contributed by atoms with E-state index in [0.717, 1.165) is 11.1 Å². The van der Waals surface area contributed by atoms with E-state index in [2.05, 4.69) is 10.3 Å². The minimum Gasteiger partial charge on any atom is -0.350 e. The van der Waals surface area contributed by atoms with Gasteiger partial charge in [0.2, 0.25) is 5.91 Å². The van der Waals surface area contributed by atoms with Crippen molar-refractivity contribution in [2.24, 2.45) is 0 Å². The number of nitrogens with one attached hydrogen (secondary N) is 1. The number of halogens is 1. The SMILES string of the molecule is Cc1ccc(CNC(=O)Cn2cnc3cc(F)ccc3c2=O)cc1. The van der Waals surface area contributed by atoms with Crippen LogP contribution in [0.2, 0.25) is 0 Å². The Bertz CT molecular complexity index is 949. The average molecular weight is 325 g/mol. The summed E-state index contributed by atoms with van der Waals surface area (Å²) in [6.07, 6.45) is 1.26. The minimum absolute atomic E-state index is 0.134. The standard InChI is InChI=1S/C18H16FN3O2/c1-12-2-4-13(5-3-12)9-20-17(23)10-22-11-21-16-8-14(19)6-7-15(16)18(22)24/h2-8,11H,9-10H2,1H3,(H,20,23). The maximum absolute atomic E-state index is 13.2. The fourth-order valence-electron chi connectivity index (χ4n) is 2.36. The maximum Gasteiger partial charge on any atom is 0.261 e. The normalized spacial score (nSPS) is 10.8. The third-order valence-electron chi connectivity index (χ3n) is 3.71. The number of aromatic nitrogens is 2. The van der Waals surface area contributed by atoms with Crippen molar-refractivity contribution in [3.8, 4) is 0 Å². The summed E-state index contributed by atoms with van der Waals surface area (Å²) in [5, 5.41) is 3.05. The zero-order valence-electron chi connectivity index (χ0n) is 13.1. The van der Waals surface area contributed by atoms with Gasteiger partial charge >= 0.3 is 0 Å². The number of fused-ring (bicyclic) bond motifs is 1. The molecule has 1 aromatic heterocycles. The number of amides is 1. The third kappa shape index (κ3) is 3.48. The minimum atomic E-state index is -0.456. The first-order chi connectivity index (χ1) is 11.5. The van der Waals surface area contributed by atoms with Crippen molar-refractivity contribution in [1.82, 2.24) is 14.9 Å². The molecule has 5 nitrogen and oxygen atoms in total. The van der Waals surface area contributed by atoms with E-state index in [1.54, 1.807) is 0 Å². The van der Waals surface area contributed by atoms with E-state index < -0.39 is 5.82 Å². The lowest BCUT2D eigenvalue weighted by Gasteiger charge is -2.08. The Morgan fingerprint density at radius 1 is 1.21 bits per heavy atom. The molecule has 0 atom stereocenters. The molecule has 0 bridgehead atoms. The van der Waals surface area contributed by atoms with Crippen molar-refractivity contribution in [2.45, 2.75) is 20.0 Å². The van der Waals surface area contributed by atoms with Gasteiger partial charge in [0.05, 0.1) is 17.2 Å². The molecule has 0 fully saturated rings. The number of hydrogen-bond acceptors (Lipinski definition) is 3. The van der Waals surface area contributed by atoms with Crippen LogP contribution in [0.5, 0.6) is 0 Å². The van der Waals surface area contributed by atoms with Crippen LogP contribution in [0.1, 0.15) is 11.1 Å². The van der Waals surface area contributed by atoms with Crippen LogP contribution in [0.3, 0.4) is 0 Å². The van der Waals surface area contributed by atoms with Crippen LogP contribution in [-0.2, 0) is 17.9 Å². The van der Waals surface area contributed by atoms with E-state index in [0.29, 0.717) is 6.54 Å². The summed E-state index contributed by atoms with van der Waals surface area (Å²) in [7, 11) is 0. The van der Waals surface area contributed by atoms with Gasteiger partial charge in [0.25, 0.3) is 5.56 Å². The molecule has 0 unspecified atom stereocenters. The van der Waals surface area contributed by atoms with Gasteiger partial charge in [0.15, 0.2) is 0 Å². The number of carbonyl (C=O) groups is 1. The second-order valence-electron chi connectivity index (χ2n) is 5.60. The first-order valence-electron chi connectivity index (χ1n) is 7.50. The van der Waals surface area contributed by atoms with Crippen LogP contribution in [0.25, 0.3) is 10.9 Å². The molecule has 0 saturated carbocycles. The highest BCUT2D eigenvalue weighted by molar-refractivity contribution is 5.79. The molecule has 3 rings (SSSR count). The number of aryl methyl sites for hydroxylation is 1. The number of carbonyl (C=O) groups excluding carboxylic acids is 1. The highest BCUT2D eigenvalue weighted by Crippen LogP contribution is 2.08. The van der Waals surface area contributed by atoms with E-state index in [1.807, 2.05) is 31.2 Å². The molecule has 0 radical (unpaired) electrons. The fourth-order valence-corrected chi connectivity index (χ4v) is 2.36. The van der Waals surface area contributed by atoms with Crippen molar-refractivity contribution < 1.29 is 9.18 Å². The zero-order chi connectivity index (χ0) is 17.1. The Labute approximate surface area is 137 Å². The smallest absolute Gasteiger partial charge is 0.261 e. The van der Waals surface area contributed by atoms with Crippen LogP contribution in [0, 0.1) is 12.7 Å². The van der Waals surface area contributed by atoms with Crippen LogP contribution in [0.15, 0.2) is 53.6 Å². The lowest BCUT2D eigenvalue weighted by Crippen LogP contribution is -2.32. The van der Waals surface area contributed by atoms with Gasteiger partial charge in [-0.05, 0) is 24.6 Å². The van der Waals surface area contributed by atoms with Gasteiger partial charge in [-0.3, -0.25) is 14.2 Å². The van der Waals surface area contributed by atoms with Crippen molar-refractivity contribution in [2.75, 3.05) is 0 Å². The summed E-state index contributed by atoms with van der Waals surface area (Å²) in [6.45, 7) is 2.25. The summed E-state index contributed by atoms with van der Waals surface area (Å²) in [6, 6.07) is 11.6. The Morgan fingerprint density at radius 3 is 2.71 bits per heavy atom. The number of rotatable bonds is 4. The average Bonchev–Trinajstić information content (AvgIpc) is 2.57. The van der Waals surface area contributed by atoms with Gasteiger partial charge in [0.1, 0.15) is 12.4 Å². The van der Waals surface area contributed by atoms with Gasteiger partial charge in [0, 0.05) is 12.6 Å². The third-order valence-corrected chi connectivity index (χ3v) is 3.71. The summed E-state index contributed by atoms with van der Waals surface area (Å²) in [5.41, 5.74) is 2.03. The molecule has 0 aliphatic rings. The lowest BCUT2D eigenvalue weighted by atomic mass is 10.1. The molecule has 122 valence electrons. The molecule has 0 saturated heterocycles. The predicted molar refractivity (Wildman–Crippen MR) is 89.0 cm³/mol. The van der Waals surface area contributed by atoms with Crippen molar-refractivity contribution >= 4 is 16.8 Å². The summed E-state index contributed by atoms with van der Waals surface area (Å²) in [5.74, 6) is -0.746. The maximum atomic E-state index is 13.2. The first kappa shape index (κ1) is 15.9. The highest BCUT2D eigenvalue weighted by Gasteiger charge is 2.08. The Morgan fingerprint density at radius 2 is 1.96 bits per heavy atom. The number of benzene rings is 2. The van der Waals surface area contributed by atoms with E-state index in [9.17, 15) is 14.0 Å². The summed E-state index contributed by atoms with van der Waals surface area (Å²) < 4.78 is 14.4. The zero-order valence-corrected chi connectivity index (χ0v) is 13.1. The second-order valence-corrected chi connectivity index (χ2v) is 5.60. The topological polar surface area (TPSA) is 64.0 Å². The van der Waals surface area contributed by atoms with Crippen molar-refractivity contribution in [1.29, 1.82) is 0 Å².